The van der Waals surface area contributed by atoms with Crippen LogP contribution in [0.4, 0.5) is 4.39 Å². The van der Waals surface area contributed by atoms with Gasteiger partial charge in [0.2, 0.25) is 0 Å². The fourth-order valence-electron chi connectivity index (χ4n) is 1.50. The molecule has 0 fully saturated rings. The summed E-state index contributed by atoms with van der Waals surface area (Å²) in [6, 6.07) is 4.17. The van der Waals surface area contributed by atoms with Crippen LogP contribution in [0.2, 0.25) is 5.02 Å². The predicted octanol–water partition coefficient (Wildman–Crippen LogP) is 3.27. The van der Waals surface area contributed by atoms with E-state index < -0.39 is 11.7 Å². The van der Waals surface area contributed by atoms with Crippen LogP contribution >= 0.6 is 11.6 Å². The van der Waals surface area contributed by atoms with Gasteiger partial charge in [0.1, 0.15) is 5.82 Å². The molecule has 1 N–H and O–H groups in total. The van der Waals surface area contributed by atoms with Crippen molar-refractivity contribution < 1.29 is 13.9 Å². The summed E-state index contributed by atoms with van der Waals surface area (Å²) in [4.78, 5) is 11.8. The molecule has 0 aliphatic rings. The minimum absolute atomic E-state index is 0.104. The lowest BCUT2D eigenvalue weighted by Crippen LogP contribution is -2.26. The van der Waals surface area contributed by atoms with Gasteiger partial charge >= 0.3 is 0 Å². The van der Waals surface area contributed by atoms with Gasteiger partial charge in [0.25, 0.3) is 5.91 Å². The first-order valence-corrected chi connectivity index (χ1v) is 6.70. The number of carbonyl (C=O) groups excluding carboxylic acids is 1. The molecule has 1 rings (SSSR count). The Morgan fingerprint density at radius 1 is 1.47 bits per heavy atom. The smallest absolute Gasteiger partial charge is 0.255 e. The number of nitrogens with one attached hydrogen (secondary N) is 1. The summed E-state index contributed by atoms with van der Waals surface area (Å²) in [5.74, 6) is -0.611. The standard InChI is InChI=1S/C14H19ClFNO2/c1-10(2)9-19-8-4-7-17-14(18)13-11(15)5-3-6-12(13)16/h3,5-6,10H,4,7-9H2,1-2H3,(H,17,18). The number of carbonyl (C=O) groups is 1. The lowest BCUT2D eigenvalue weighted by atomic mass is 10.2. The third-order valence-corrected chi connectivity index (χ3v) is 2.71. The maximum atomic E-state index is 13.4. The van der Waals surface area contributed by atoms with Crippen LogP contribution in [0.15, 0.2) is 18.2 Å². The van der Waals surface area contributed by atoms with Crippen LogP contribution in [0.25, 0.3) is 0 Å². The van der Waals surface area contributed by atoms with Gasteiger partial charge in [-0.1, -0.05) is 31.5 Å². The Labute approximate surface area is 118 Å². The first-order chi connectivity index (χ1) is 9.02. The number of benzene rings is 1. The number of halogens is 2. The third kappa shape index (κ3) is 5.57. The Morgan fingerprint density at radius 2 is 2.21 bits per heavy atom. The molecular formula is C14H19ClFNO2. The quantitative estimate of drug-likeness (QED) is 0.782. The van der Waals surface area contributed by atoms with Gasteiger partial charge in [-0.15, -0.1) is 0 Å². The van der Waals surface area contributed by atoms with Crippen molar-refractivity contribution in [2.75, 3.05) is 19.8 Å². The topological polar surface area (TPSA) is 38.3 Å². The molecule has 1 aromatic rings. The van der Waals surface area contributed by atoms with Crippen molar-refractivity contribution in [2.45, 2.75) is 20.3 Å². The highest BCUT2D eigenvalue weighted by Gasteiger charge is 2.14. The van der Waals surface area contributed by atoms with Gasteiger partial charge in [-0.3, -0.25) is 4.79 Å². The second-order valence-corrected chi connectivity index (χ2v) is 5.08. The molecule has 1 amide bonds. The van der Waals surface area contributed by atoms with Crippen molar-refractivity contribution in [2.24, 2.45) is 5.92 Å². The summed E-state index contributed by atoms with van der Waals surface area (Å²) in [6.07, 6.45) is 0.685. The molecule has 19 heavy (non-hydrogen) atoms. The first kappa shape index (κ1) is 15.9. The van der Waals surface area contributed by atoms with Crippen molar-refractivity contribution in [1.82, 2.24) is 5.32 Å². The van der Waals surface area contributed by atoms with E-state index in [1.807, 2.05) is 0 Å². The van der Waals surface area contributed by atoms with E-state index in [4.69, 9.17) is 16.3 Å². The molecule has 106 valence electrons. The Kier molecular flexibility index (Phi) is 6.81. The van der Waals surface area contributed by atoms with Crippen LogP contribution in [-0.2, 0) is 4.74 Å². The van der Waals surface area contributed by atoms with Crippen LogP contribution < -0.4 is 5.32 Å². The van der Waals surface area contributed by atoms with Gasteiger partial charge < -0.3 is 10.1 Å². The lowest BCUT2D eigenvalue weighted by molar-refractivity contribution is 0.0921. The van der Waals surface area contributed by atoms with Crippen LogP contribution in [0.1, 0.15) is 30.6 Å². The maximum Gasteiger partial charge on any atom is 0.255 e. The summed E-state index contributed by atoms with van der Waals surface area (Å²) >= 11 is 5.80. The average Bonchev–Trinajstić information content (AvgIpc) is 2.33. The van der Waals surface area contributed by atoms with Crippen LogP contribution in [0.3, 0.4) is 0 Å². The van der Waals surface area contributed by atoms with Gasteiger partial charge in [0, 0.05) is 19.8 Å². The lowest BCUT2D eigenvalue weighted by Gasteiger charge is -2.09. The fourth-order valence-corrected chi connectivity index (χ4v) is 1.75. The predicted molar refractivity (Wildman–Crippen MR) is 74.0 cm³/mol. The van der Waals surface area contributed by atoms with Crippen molar-refractivity contribution in [1.29, 1.82) is 0 Å². The molecule has 0 radical (unpaired) electrons. The highest BCUT2D eigenvalue weighted by molar-refractivity contribution is 6.33. The molecule has 0 saturated carbocycles. The van der Waals surface area contributed by atoms with Gasteiger partial charge in [0.15, 0.2) is 0 Å². The van der Waals surface area contributed by atoms with Crippen LogP contribution in [0.5, 0.6) is 0 Å². The highest BCUT2D eigenvalue weighted by Crippen LogP contribution is 2.18. The summed E-state index contributed by atoms with van der Waals surface area (Å²) in [5.41, 5.74) is -0.104. The summed E-state index contributed by atoms with van der Waals surface area (Å²) in [6.45, 7) is 5.85. The largest absolute Gasteiger partial charge is 0.381 e. The molecule has 0 atom stereocenters. The molecule has 3 nitrogen and oxygen atoms in total. The second-order valence-electron chi connectivity index (χ2n) is 4.67. The molecule has 0 unspecified atom stereocenters. The zero-order chi connectivity index (χ0) is 14.3. The molecule has 0 spiro atoms. The van der Waals surface area contributed by atoms with E-state index in [1.165, 1.54) is 18.2 Å². The minimum atomic E-state index is -0.610. The Hall–Kier alpha value is -1.13. The Balaban J connectivity index is 2.32. The molecule has 5 heteroatoms. The van der Waals surface area contributed by atoms with Crippen LogP contribution in [-0.4, -0.2) is 25.7 Å². The normalized spacial score (nSPS) is 10.8. The van der Waals surface area contributed by atoms with E-state index >= 15 is 0 Å². The molecule has 0 aliphatic carbocycles. The molecule has 0 heterocycles. The second kappa shape index (κ2) is 8.12. The number of ether oxygens (including phenoxy) is 1. The van der Waals surface area contributed by atoms with Gasteiger partial charge in [-0.2, -0.15) is 0 Å². The van der Waals surface area contributed by atoms with Crippen molar-refractivity contribution in [3.05, 3.63) is 34.6 Å². The van der Waals surface area contributed by atoms with E-state index in [1.54, 1.807) is 0 Å². The molecule has 0 saturated heterocycles. The van der Waals surface area contributed by atoms with E-state index in [0.717, 1.165) is 0 Å². The zero-order valence-corrected chi connectivity index (χ0v) is 12.0. The summed E-state index contributed by atoms with van der Waals surface area (Å²) in [7, 11) is 0. The fraction of sp³-hybridized carbons (Fsp3) is 0.500. The monoisotopic (exact) mass is 287 g/mol. The molecule has 1 aromatic carbocycles. The SMILES string of the molecule is CC(C)COCCCNC(=O)c1c(F)cccc1Cl. The number of hydrogen-bond acceptors (Lipinski definition) is 2. The van der Waals surface area contributed by atoms with E-state index in [2.05, 4.69) is 19.2 Å². The van der Waals surface area contributed by atoms with Crippen LogP contribution in [0, 0.1) is 11.7 Å². The zero-order valence-electron chi connectivity index (χ0n) is 11.2. The minimum Gasteiger partial charge on any atom is -0.381 e. The number of rotatable bonds is 7. The Morgan fingerprint density at radius 3 is 2.84 bits per heavy atom. The first-order valence-electron chi connectivity index (χ1n) is 6.32. The molecule has 0 aromatic heterocycles. The summed E-state index contributed by atoms with van der Waals surface area (Å²) in [5, 5.41) is 2.74. The maximum absolute atomic E-state index is 13.4. The van der Waals surface area contributed by atoms with Gasteiger partial charge in [0.05, 0.1) is 10.6 Å². The third-order valence-electron chi connectivity index (χ3n) is 2.39. The van der Waals surface area contributed by atoms with Gasteiger partial charge in [-0.25, -0.2) is 4.39 Å². The molecule has 0 bridgehead atoms. The van der Waals surface area contributed by atoms with Crippen molar-refractivity contribution >= 4 is 17.5 Å². The number of amides is 1. The summed E-state index contributed by atoms with van der Waals surface area (Å²) < 4.78 is 18.8. The number of hydrogen-bond donors (Lipinski definition) is 1. The van der Waals surface area contributed by atoms with Crippen molar-refractivity contribution in [3.8, 4) is 0 Å². The van der Waals surface area contributed by atoms with E-state index in [0.29, 0.717) is 32.1 Å². The average molecular weight is 288 g/mol. The molecule has 0 aliphatic heterocycles. The van der Waals surface area contributed by atoms with Gasteiger partial charge in [-0.05, 0) is 24.5 Å². The highest BCUT2D eigenvalue weighted by atomic mass is 35.5. The molecular weight excluding hydrogens is 269 g/mol. The Bertz CT molecular complexity index is 404. The van der Waals surface area contributed by atoms with E-state index in [9.17, 15) is 9.18 Å². The van der Waals surface area contributed by atoms with E-state index in [-0.39, 0.29) is 10.6 Å². The van der Waals surface area contributed by atoms with Crippen molar-refractivity contribution in [3.63, 3.8) is 0 Å².